The summed E-state index contributed by atoms with van der Waals surface area (Å²) in [4.78, 5) is 7.48. The lowest BCUT2D eigenvalue weighted by molar-refractivity contribution is -0.141. The molecule has 0 radical (unpaired) electrons. The largest absolute Gasteiger partial charge is 0.432 e. The first-order valence-electron chi connectivity index (χ1n) is 8.08. The van der Waals surface area contributed by atoms with Crippen molar-refractivity contribution in [1.82, 2.24) is 15.3 Å². The minimum absolute atomic E-state index is 0.0741. The topological polar surface area (TPSA) is 49.9 Å². The van der Waals surface area contributed by atoms with Crippen molar-refractivity contribution in [3.05, 3.63) is 38.6 Å². The van der Waals surface area contributed by atoms with Gasteiger partial charge in [-0.1, -0.05) is 11.6 Å². The smallest absolute Gasteiger partial charge is 0.369 e. The molecule has 2 N–H and O–H groups in total. The molecule has 2 aliphatic heterocycles. The Labute approximate surface area is 151 Å². The number of hydrogen-bond acceptors (Lipinski definition) is 4. The second-order valence-electron chi connectivity index (χ2n) is 6.71. The van der Waals surface area contributed by atoms with Crippen LogP contribution in [0.25, 0.3) is 0 Å². The van der Waals surface area contributed by atoms with Crippen molar-refractivity contribution in [3.63, 3.8) is 0 Å². The van der Waals surface area contributed by atoms with Crippen LogP contribution in [0.5, 0.6) is 0 Å². The number of thiophene rings is 1. The fourth-order valence-electron chi connectivity index (χ4n) is 3.89. The lowest BCUT2D eigenvalue weighted by Crippen LogP contribution is -2.49. The molecule has 0 aliphatic carbocycles. The van der Waals surface area contributed by atoms with E-state index in [-0.39, 0.29) is 17.9 Å². The van der Waals surface area contributed by atoms with E-state index in [4.69, 9.17) is 16.3 Å². The van der Waals surface area contributed by atoms with Crippen LogP contribution in [0.15, 0.2) is 12.3 Å². The normalized spacial score (nSPS) is 29.8. The maximum atomic E-state index is 12.9. The Morgan fingerprint density at radius 3 is 2.92 bits per heavy atom. The molecule has 4 heterocycles. The SMILES string of the molecule is C[C@H]1C[C@@]2(C[C@@H](c3ncc(C(F)(F)F)[nH]3)N1)OCCc1cc(Cl)sc12. The number of imidazole rings is 1. The van der Waals surface area contributed by atoms with Crippen molar-refractivity contribution in [2.75, 3.05) is 6.61 Å². The van der Waals surface area contributed by atoms with E-state index >= 15 is 0 Å². The van der Waals surface area contributed by atoms with Gasteiger partial charge in [-0.25, -0.2) is 4.98 Å². The lowest BCUT2D eigenvalue weighted by atomic mass is 9.79. The fraction of sp³-hybridized carbons (Fsp3) is 0.562. The van der Waals surface area contributed by atoms with Gasteiger partial charge in [0.1, 0.15) is 17.1 Å². The van der Waals surface area contributed by atoms with Crippen molar-refractivity contribution in [2.24, 2.45) is 0 Å². The van der Waals surface area contributed by atoms with Gasteiger partial charge in [-0.2, -0.15) is 13.2 Å². The van der Waals surface area contributed by atoms with Gasteiger partial charge in [0, 0.05) is 17.3 Å². The average molecular weight is 392 g/mol. The second kappa shape index (κ2) is 5.97. The summed E-state index contributed by atoms with van der Waals surface area (Å²) in [7, 11) is 0. The molecular formula is C16H17ClF3N3OS. The second-order valence-corrected chi connectivity index (χ2v) is 8.39. The number of H-pyrrole nitrogens is 1. The molecule has 3 atom stereocenters. The molecule has 0 saturated carbocycles. The molecule has 1 spiro atoms. The van der Waals surface area contributed by atoms with Gasteiger partial charge < -0.3 is 15.0 Å². The number of nitrogens with zero attached hydrogens (tertiary/aromatic N) is 1. The van der Waals surface area contributed by atoms with Crippen molar-refractivity contribution < 1.29 is 17.9 Å². The van der Waals surface area contributed by atoms with Gasteiger partial charge in [0.25, 0.3) is 0 Å². The van der Waals surface area contributed by atoms with Crippen LogP contribution in [0.4, 0.5) is 13.2 Å². The summed E-state index contributed by atoms with van der Waals surface area (Å²) in [6, 6.07) is 1.71. The maximum Gasteiger partial charge on any atom is 0.432 e. The van der Waals surface area contributed by atoms with Gasteiger partial charge in [0.15, 0.2) is 0 Å². The number of hydrogen-bond donors (Lipinski definition) is 2. The number of fused-ring (bicyclic) bond motifs is 2. The van der Waals surface area contributed by atoms with E-state index in [1.54, 1.807) is 0 Å². The Morgan fingerprint density at radius 2 is 2.20 bits per heavy atom. The van der Waals surface area contributed by atoms with Crippen LogP contribution in [0, 0.1) is 0 Å². The van der Waals surface area contributed by atoms with Crippen LogP contribution in [0.1, 0.15) is 47.8 Å². The highest BCUT2D eigenvalue weighted by Gasteiger charge is 2.47. The van der Waals surface area contributed by atoms with Gasteiger partial charge in [-0.05, 0) is 31.4 Å². The van der Waals surface area contributed by atoms with Gasteiger partial charge in [-0.3, -0.25) is 0 Å². The first-order valence-corrected chi connectivity index (χ1v) is 9.27. The third-order valence-electron chi connectivity index (χ3n) is 4.83. The summed E-state index contributed by atoms with van der Waals surface area (Å²) < 4.78 is 45.5. The molecule has 0 aromatic carbocycles. The molecule has 0 amide bonds. The number of nitrogens with one attached hydrogen (secondary N) is 2. The third-order valence-corrected chi connectivity index (χ3v) is 6.32. The molecule has 1 fully saturated rings. The van der Waals surface area contributed by atoms with Crippen LogP contribution in [0.2, 0.25) is 4.34 Å². The predicted octanol–water partition coefficient (Wildman–Crippen LogP) is 4.42. The maximum absolute atomic E-state index is 12.9. The summed E-state index contributed by atoms with van der Waals surface area (Å²) in [6.07, 6.45) is -1.50. The summed E-state index contributed by atoms with van der Waals surface area (Å²) in [5.74, 6) is 0.289. The molecule has 0 unspecified atom stereocenters. The van der Waals surface area contributed by atoms with E-state index in [1.807, 2.05) is 13.0 Å². The number of aromatic nitrogens is 2. The van der Waals surface area contributed by atoms with E-state index in [0.717, 1.165) is 28.3 Å². The van der Waals surface area contributed by atoms with Crippen molar-refractivity contribution in [3.8, 4) is 0 Å². The van der Waals surface area contributed by atoms with Crippen molar-refractivity contribution >= 4 is 22.9 Å². The predicted molar refractivity (Wildman–Crippen MR) is 88.8 cm³/mol. The highest BCUT2D eigenvalue weighted by Crippen LogP contribution is 2.49. The molecule has 25 heavy (non-hydrogen) atoms. The molecule has 4 nitrogen and oxygen atoms in total. The number of rotatable bonds is 1. The summed E-state index contributed by atoms with van der Waals surface area (Å²) in [5.41, 5.74) is -0.170. The Hall–Kier alpha value is -1.09. The van der Waals surface area contributed by atoms with Crippen LogP contribution >= 0.6 is 22.9 Å². The first-order chi connectivity index (χ1) is 11.8. The van der Waals surface area contributed by atoms with Crippen molar-refractivity contribution in [2.45, 2.75) is 50.0 Å². The summed E-state index contributed by atoms with van der Waals surface area (Å²) >= 11 is 7.71. The molecular weight excluding hydrogens is 375 g/mol. The van der Waals surface area contributed by atoms with Gasteiger partial charge in [0.05, 0.1) is 23.2 Å². The molecule has 136 valence electrons. The quantitative estimate of drug-likeness (QED) is 0.756. The molecule has 0 bridgehead atoms. The first kappa shape index (κ1) is 17.3. The van der Waals surface area contributed by atoms with E-state index in [0.29, 0.717) is 13.0 Å². The Balaban J connectivity index is 1.68. The minimum atomic E-state index is -4.43. The van der Waals surface area contributed by atoms with E-state index in [2.05, 4.69) is 15.3 Å². The van der Waals surface area contributed by atoms with Crippen LogP contribution < -0.4 is 5.32 Å². The third kappa shape index (κ3) is 3.09. The molecule has 2 aliphatic rings. The summed E-state index contributed by atoms with van der Waals surface area (Å²) in [6.45, 7) is 2.60. The molecule has 1 saturated heterocycles. The Bertz CT molecular complexity index is 790. The molecule has 4 rings (SSSR count). The highest BCUT2D eigenvalue weighted by molar-refractivity contribution is 7.16. The minimum Gasteiger partial charge on any atom is -0.369 e. The summed E-state index contributed by atoms with van der Waals surface area (Å²) in [5, 5.41) is 3.34. The Kier molecular flexibility index (Phi) is 4.14. The van der Waals surface area contributed by atoms with Gasteiger partial charge in [-0.15, -0.1) is 11.3 Å². The van der Waals surface area contributed by atoms with Crippen LogP contribution in [-0.4, -0.2) is 22.6 Å². The fourth-order valence-corrected chi connectivity index (χ4v) is 5.36. The zero-order valence-corrected chi connectivity index (χ0v) is 15.0. The van der Waals surface area contributed by atoms with E-state index in [1.165, 1.54) is 16.9 Å². The lowest BCUT2D eigenvalue weighted by Gasteiger charge is -2.45. The van der Waals surface area contributed by atoms with Crippen molar-refractivity contribution in [1.29, 1.82) is 0 Å². The van der Waals surface area contributed by atoms with E-state index < -0.39 is 17.5 Å². The number of piperidine rings is 1. The molecule has 2 aromatic rings. The Morgan fingerprint density at radius 1 is 1.40 bits per heavy atom. The number of aromatic amines is 1. The zero-order chi connectivity index (χ0) is 17.8. The number of ether oxygens (including phenoxy) is 1. The van der Waals surface area contributed by atoms with Gasteiger partial charge >= 0.3 is 6.18 Å². The average Bonchev–Trinajstić information content (AvgIpc) is 3.13. The van der Waals surface area contributed by atoms with Crippen LogP contribution in [0.3, 0.4) is 0 Å². The highest BCUT2D eigenvalue weighted by atomic mass is 35.5. The molecule has 9 heteroatoms. The van der Waals surface area contributed by atoms with Crippen LogP contribution in [-0.2, 0) is 22.9 Å². The molecule has 2 aromatic heterocycles. The number of halogens is 4. The van der Waals surface area contributed by atoms with Gasteiger partial charge in [0.2, 0.25) is 0 Å². The van der Waals surface area contributed by atoms with E-state index in [9.17, 15) is 13.2 Å². The standard InChI is InChI=1S/C16H17ClF3N3OS/c1-8-5-15(13-9(2-3-24-15)4-12(17)25-13)6-10(22-8)14-21-7-11(23-14)16(18,19)20/h4,7-8,10,22H,2-3,5-6H2,1H3,(H,21,23)/t8-,10-,15-/m0/s1. The monoisotopic (exact) mass is 391 g/mol. The number of alkyl halides is 3. The zero-order valence-electron chi connectivity index (χ0n) is 13.4.